The predicted molar refractivity (Wildman–Crippen MR) is 124 cm³/mol. The molecule has 3 aromatic rings. The topological polar surface area (TPSA) is 119 Å². The first-order valence-corrected chi connectivity index (χ1v) is 10.9. The quantitative estimate of drug-likeness (QED) is 0.527. The number of amides is 1. The molecule has 0 spiro atoms. The van der Waals surface area contributed by atoms with Crippen molar-refractivity contribution < 1.29 is 19.8 Å². The molecule has 1 amide bonds. The maximum atomic E-state index is 12.3. The molecule has 0 aliphatic carbocycles. The summed E-state index contributed by atoms with van der Waals surface area (Å²) >= 11 is 0. The fourth-order valence-corrected chi connectivity index (χ4v) is 4.58. The van der Waals surface area contributed by atoms with Crippen molar-refractivity contribution in [1.82, 2.24) is 19.4 Å². The van der Waals surface area contributed by atoms with E-state index < -0.39 is 22.8 Å². The molecule has 174 valence electrons. The highest BCUT2D eigenvalue weighted by Gasteiger charge is 2.33. The standard InChI is InChI=1S/C24H28N4O5/c1-5-17-20(25-22(30)19(21(17)29)24(32)33)13-6-7-18-14(8-13)9-16(27(18)4)12-28-10-15(11-28)23(31)26(2)3/h6-9,15H,5,10-12H2,1-4H3,(H,32,33)(H2,25,29,30). The molecular weight excluding hydrogens is 424 g/mol. The first-order chi connectivity index (χ1) is 15.6. The van der Waals surface area contributed by atoms with Crippen molar-refractivity contribution >= 4 is 22.8 Å². The lowest BCUT2D eigenvalue weighted by atomic mass is 9.98. The first kappa shape index (κ1) is 22.6. The minimum atomic E-state index is -1.46. The van der Waals surface area contributed by atoms with Gasteiger partial charge in [-0.3, -0.25) is 14.5 Å². The summed E-state index contributed by atoms with van der Waals surface area (Å²) in [6.45, 7) is 3.99. The second-order valence-electron chi connectivity index (χ2n) is 8.78. The number of aromatic carboxylic acids is 1. The number of aryl methyl sites for hydroxylation is 1. The third-order valence-electron chi connectivity index (χ3n) is 6.42. The number of carbonyl (C=O) groups is 2. The summed E-state index contributed by atoms with van der Waals surface area (Å²) in [5, 5.41) is 20.7. The molecule has 3 N–H and O–H groups in total. The molecule has 0 radical (unpaired) electrons. The van der Waals surface area contributed by atoms with Crippen LogP contribution in [0.3, 0.4) is 0 Å². The Balaban J connectivity index is 1.65. The molecule has 33 heavy (non-hydrogen) atoms. The van der Waals surface area contributed by atoms with Crippen LogP contribution in [0.4, 0.5) is 0 Å². The average molecular weight is 453 g/mol. The van der Waals surface area contributed by atoms with Crippen LogP contribution in [-0.2, 0) is 24.8 Å². The van der Waals surface area contributed by atoms with Gasteiger partial charge in [0.05, 0.1) is 11.6 Å². The van der Waals surface area contributed by atoms with E-state index in [9.17, 15) is 24.6 Å². The van der Waals surface area contributed by atoms with Gasteiger partial charge >= 0.3 is 5.97 Å². The highest BCUT2D eigenvalue weighted by atomic mass is 16.4. The van der Waals surface area contributed by atoms with Crippen LogP contribution in [-0.4, -0.2) is 68.6 Å². The Labute approximate surface area is 190 Å². The Morgan fingerprint density at radius 3 is 2.52 bits per heavy atom. The summed E-state index contributed by atoms with van der Waals surface area (Å²) in [6.07, 6.45) is 0.359. The highest BCUT2D eigenvalue weighted by Crippen LogP contribution is 2.32. The fourth-order valence-electron chi connectivity index (χ4n) is 4.58. The largest absolute Gasteiger partial charge is 0.506 e. The average Bonchev–Trinajstić information content (AvgIpc) is 3.03. The van der Waals surface area contributed by atoms with E-state index in [1.807, 2.05) is 25.2 Å². The molecule has 2 aromatic heterocycles. The summed E-state index contributed by atoms with van der Waals surface area (Å²) < 4.78 is 2.11. The second-order valence-corrected chi connectivity index (χ2v) is 8.78. The van der Waals surface area contributed by atoms with Crippen LogP contribution in [0.5, 0.6) is 5.75 Å². The zero-order chi connectivity index (χ0) is 24.0. The van der Waals surface area contributed by atoms with Crippen LogP contribution < -0.4 is 5.56 Å². The number of fused-ring (bicyclic) bond motifs is 1. The Morgan fingerprint density at radius 1 is 1.21 bits per heavy atom. The van der Waals surface area contributed by atoms with Gasteiger partial charge in [-0.25, -0.2) is 4.79 Å². The number of aromatic amines is 1. The molecule has 1 saturated heterocycles. The van der Waals surface area contributed by atoms with Crippen LogP contribution in [0.15, 0.2) is 29.1 Å². The molecule has 1 aliphatic rings. The summed E-state index contributed by atoms with van der Waals surface area (Å²) in [7, 11) is 5.55. The van der Waals surface area contributed by atoms with Gasteiger partial charge in [0.1, 0.15) is 5.75 Å². The van der Waals surface area contributed by atoms with Crippen molar-refractivity contribution in [2.24, 2.45) is 13.0 Å². The maximum Gasteiger partial charge on any atom is 0.345 e. The molecule has 0 bridgehead atoms. The Kier molecular flexibility index (Phi) is 5.75. The number of hydrogen-bond donors (Lipinski definition) is 3. The van der Waals surface area contributed by atoms with Gasteiger partial charge in [-0.05, 0) is 30.2 Å². The number of nitrogens with one attached hydrogen (secondary N) is 1. The van der Waals surface area contributed by atoms with E-state index in [0.29, 0.717) is 23.2 Å². The number of hydrogen-bond acceptors (Lipinski definition) is 5. The third kappa shape index (κ3) is 3.89. The van der Waals surface area contributed by atoms with Gasteiger partial charge in [0.2, 0.25) is 5.91 Å². The smallest absolute Gasteiger partial charge is 0.345 e. The van der Waals surface area contributed by atoms with Gasteiger partial charge in [-0.1, -0.05) is 13.0 Å². The van der Waals surface area contributed by atoms with Gasteiger partial charge in [0.25, 0.3) is 5.56 Å². The first-order valence-electron chi connectivity index (χ1n) is 10.9. The number of carbonyl (C=O) groups excluding carboxylic acids is 1. The highest BCUT2D eigenvalue weighted by molar-refractivity contribution is 5.92. The molecule has 9 heteroatoms. The number of benzene rings is 1. The van der Waals surface area contributed by atoms with E-state index in [1.165, 1.54) is 0 Å². The molecule has 0 saturated carbocycles. The van der Waals surface area contributed by atoms with E-state index in [-0.39, 0.29) is 11.8 Å². The number of H-pyrrole nitrogens is 1. The third-order valence-corrected chi connectivity index (χ3v) is 6.42. The van der Waals surface area contributed by atoms with Crippen LogP contribution in [0.1, 0.15) is 28.5 Å². The number of carboxylic acids is 1. The Hall–Kier alpha value is -3.59. The molecule has 9 nitrogen and oxygen atoms in total. The zero-order valence-electron chi connectivity index (χ0n) is 19.2. The summed E-state index contributed by atoms with van der Waals surface area (Å²) in [5.74, 6) is -1.74. The van der Waals surface area contributed by atoms with Crippen molar-refractivity contribution in [3.05, 3.63) is 51.4 Å². The van der Waals surface area contributed by atoms with Gasteiger partial charge in [-0.15, -0.1) is 0 Å². The maximum absolute atomic E-state index is 12.3. The number of rotatable bonds is 6. The van der Waals surface area contributed by atoms with E-state index in [1.54, 1.807) is 25.9 Å². The molecule has 0 unspecified atom stereocenters. The Morgan fingerprint density at radius 2 is 1.91 bits per heavy atom. The van der Waals surface area contributed by atoms with E-state index in [4.69, 9.17) is 0 Å². The minimum Gasteiger partial charge on any atom is -0.506 e. The molecule has 3 heterocycles. The monoisotopic (exact) mass is 452 g/mol. The van der Waals surface area contributed by atoms with Crippen molar-refractivity contribution in [2.75, 3.05) is 27.2 Å². The lowest BCUT2D eigenvalue weighted by Crippen LogP contribution is -2.52. The molecule has 1 aliphatic heterocycles. The van der Waals surface area contributed by atoms with Gasteiger partial charge in [0, 0.05) is 62.9 Å². The predicted octanol–water partition coefficient (Wildman–Crippen LogP) is 2.02. The minimum absolute atomic E-state index is 0.0482. The van der Waals surface area contributed by atoms with E-state index in [2.05, 4.69) is 20.5 Å². The van der Waals surface area contributed by atoms with Crippen molar-refractivity contribution in [1.29, 1.82) is 0 Å². The number of nitrogens with zero attached hydrogens (tertiary/aromatic N) is 3. The molecule has 1 aromatic carbocycles. The van der Waals surface area contributed by atoms with Gasteiger partial charge < -0.3 is 24.7 Å². The fraction of sp³-hybridized carbons (Fsp3) is 0.375. The van der Waals surface area contributed by atoms with Crippen molar-refractivity contribution in [3.63, 3.8) is 0 Å². The van der Waals surface area contributed by atoms with Gasteiger partial charge in [0.15, 0.2) is 5.56 Å². The summed E-state index contributed by atoms with van der Waals surface area (Å²) in [5.41, 5.74) is 2.15. The number of carboxylic acid groups (broad SMARTS) is 1. The van der Waals surface area contributed by atoms with Crippen LogP contribution >= 0.6 is 0 Å². The van der Waals surface area contributed by atoms with Crippen molar-refractivity contribution in [2.45, 2.75) is 19.9 Å². The lowest BCUT2D eigenvalue weighted by molar-refractivity contribution is -0.138. The zero-order valence-corrected chi connectivity index (χ0v) is 19.2. The van der Waals surface area contributed by atoms with Gasteiger partial charge in [-0.2, -0.15) is 0 Å². The van der Waals surface area contributed by atoms with Crippen LogP contribution in [0, 0.1) is 5.92 Å². The SMILES string of the molecule is CCc1c(-c2ccc3c(c2)cc(CN2CC(C(=O)N(C)C)C2)n3C)[nH]c(=O)c(C(=O)O)c1O. The molecule has 4 rings (SSSR count). The van der Waals surface area contributed by atoms with Crippen molar-refractivity contribution in [3.8, 4) is 17.0 Å². The number of aromatic nitrogens is 2. The molecule has 1 fully saturated rings. The molecular formula is C24H28N4O5. The summed E-state index contributed by atoms with van der Waals surface area (Å²) in [6, 6.07) is 7.81. The van der Waals surface area contributed by atoms with Crippen LogP contribution in [0.2, 0.25) is 0 Å². The number of likely N-dealkylation sites (tertiary alicyclic amines) is 1. The normalized spacial score (nSPS) is 14.4. The second kappa shape index (κ2) is 8.40. The number of pyridine rings is 1. The lowest BCUT2D eigenvalue weighted by Gasteiger charge is -2.39. The Bertz CT molecular complexity index is 1310. The summed E-state index contributed by atoms with van der Waals surface area (Å²) in [4.78, 5) is 42.3. The number of aromatic hydroxyl groups is 1. The van der Waals surface area contributed by atoms with Crippen LogP contribution in [0.25, 0.3) is 22.2 Å². The van der Waals surface area contributed by atoms with E-state index >= 15 is 0 Å². The van der Waals surface area contributed by atoms with E-state index in [0.717, 1.165) is 36.2 Å². The molecule has 0 atom stereocenters.